The largest absolute Gasteiger partial charge is 0.495 e. The average molecular weight is 260 g/mol. The van der Waals surface area contributed by atoms with Crippen molar-refractivity contribution < 1.29 is 9.53 Å². The molecule has 0 bridgehead atoms. The number of carbonyl (C=O) groups is 1. The maximum absolute atomic E-state index is 12.0. The summed E-state index contributed by atoms with van der Waals surface area (Å²) in [6, 6.07) is 5.12. The molecule has 2 rings (SSSR count). The minimum Gasteiger partial charge on any atom is -0.495 e. The summed E-state index contributed by atoms with van der Waals surface area (Å²) in [5.41, 5.74) is 7.60. The highest BCUT2D eigenvalue weighted by molar-refractivity contribution is 6.00. The summed E-state index contributed by atoms with van der Waals surface area (Å²) < 4.78 is 5.08. The highest BCUT2D eigenvalue weighted by Crippen LogP contribution is 2.24. The van der Waals surface area contributed by atoms with Crippen LogP contribution in [0, 0.1) is 0 Å². The number of methoxy groups -OCH3 is 1. The number of hydrogen-bond acceptors (Lipinski definition) is 4. The lowest BCUT2D eigenvalue weighted by molar-refractivity contribution is 0.0954. The number of nitrogens with one attached hydrogen (secondary N) is 2. The fourth-order valence-electron chi connectivity index (χ4n) is 1.75. The third kappa shape index (κ3) is 3.04. The fourth-order valence-corrected chi connectivity index (χ4v) is 1.75. The van der Waals surface area contributed by atoms with Crippen molar-refractivity contribution in [3.8, 4) is 5.75 Å². The SMILES string of the molecule is COc1cccc(C(=O)NCCc2cnc[nH]2)c1N. The van der Waals surface area contributed by atoms with E-state index in [1.807, 2.05) is 0 Å². The number of anilines is 1. The summed E-state index contributed by atoms with van der Waals surface area (Å²) in [6.45, 7) is 0.512. The number of aromatic nitrogens is 2. The van der Waals surface area contributed by atoms with E-state index in [-0.39, 0.29) is 5.91 Å². The van der Waals surface area contributed by atoms with Gasteiger partial charge in [-0.3, -0.25) is 4.79 Å². The number of amides is 1. The van der Waals surface area contributed by atoms with E-state index < -0.39 is 0 Å². The maximum Gasteiger partial charge on any atom is 0.253 e. The molecule has 1 amide bonds. The molecule has 6 nitrogen and oxygen atoms in total. The minimum atomic E-state index is -0.212. The van der Waals surface area contributed by atoms with E-state index >= 15 is 0 Å². The first-order valence-corrected chi connectivity index (χ1v) is 5.90. The number of nitrogens with two attached hydrogens (primary N) is 1. The summed E-state index contributed by atoms with van der Waals surface area (Å²) >= 11 is 0. The van der Waals surface area contributed by atoms with Crippen molar-refractivity contribution in [3.05, 3.63) is 42.0 Å². The van der Waals surface area contributed by atoms with Gasteiger partial charge in [0.1, 0.15) is 5.75 Å². The normalized spacial score (nSPS) is 10.2. The zero-order chi connectivity index (χ0) is 13.7. The van der Waals surface area contributed by atoms with Gasteiger partial charge in [0, 0.05) is 24.9 Å². The van der Waals surface area contributed by atoms with E-state index in [4.69, 9.17) is 10.5 Å². The molecule has 2 aromatic rings. The highest BCUT2D eigenvalue weighted by atomic mass is 16.5. The first-order chi connectivity index (χ1) is 9.22. The zero-order valence-corrected chi connectivity index (χ0v) is 10.6. The van der Waals surface area contributed by atoms with Gasteiger partial charge >= 0.3 is 0 Å². The number of para-hydroxylation sites is 1. The van der Waals surface area contributed by atoms with Gasteiger partial charge in [0.15, 0.2) is 0 Å². The molecule has 0 radical (unpaired) electrons. The smallest absolute Gasteiger partial charge is 0.253 e. The first kappa shape index (κ1) is 12.9. The minimum absolute atomic E-state index is 0.212. The van der Waals surface area contributed by atoms with E-state index in [0.717, 1.165) is 5.69 Å². The Balaban J connectivity index is 1.96. The van der Waals surface area contributed by atoms with Gasteiger partial charge in [-0.15, -0.1) is 0 Å². The van der Waals surface area contributed by atoms with Crippen LogP contribution >= 0.6 is 0 Å². The zero-order valence-electron chi connectivity index (χ0n) is 10.6. The molecule has 4 N–H and O–H groups in total. The van der Waals surface area contributed by atoms with Crippen molar-refractivity contribution in [1.29, 1.82) is 0 Å². The van der Waals surface area contributed by atoms with E-state index in [1.165, 1.54) is 7.11 Å². The van der Waals surface area contributed by atoms with E-state index in [2.05, 4.69) is 15.3 Å². The Labute approximate surface area is 111 Å². The second-order valence-electron chi connectivity index (χ2n) is 4.00. The van der Waals surface area contributed by atoms with Gasteiger partial charge in [-0.1, -0.05) is 6.07 Å². The van der Waals surface area contributed by atoms with Crippen molar-refractivity contribution in [3.63, 3.8) is 0 Å². The van der Waals surface area contributed by atoms with Crippen LogP contribution in [0.1, 0.15) is 16.1 Å². The lowest BCUT2D eigenvalue weighted by Gasteiger charge is -2.10. The number of rotatable bonds is 5. The molecule has 100 valence electrons. The maximum atomic E-state index is 12.0. The molecule has 1 heterocycles. The van der Waals surface area contributed by atoms with Gasteiger partial charge in [0.25, 0.3) is 5.91 Å². The monoisotopic (exact) mass is 260 g/mol. The van der Waals surface area contributed by atoms with E-state index in [9.17, 15) is 4.79 Å². The van der Waals surface area contributed by atoms with Crippen LogP contribution in [0.2, 0.25) is 0 Å². The van der Waals surface area contributed by atoms with Gasteiger partial charge in [0.2, 0.25) is 0 Å². The van der Waals surface area contributed by atoms with Gasteiger partial charge in [-0.25, -0.2) is 4.98 Å². The molecule has 0 unspecified atom stereocenters. The van der Waals surface area contributed by atoms with Crippen molar-refractivity contribution >= 4 is 11.6 Å². The Morgan fingerprint density at radius 1 is 1.53 bits per heavy atom. The lowest BCUT2D eigenvalue weighted by atomic mass is 10.1. The van der Waals surface area contributed by atoms with E-state index in [0.29, 0.717) is 30.0 Å². The number of benzene rings is 1. The molecule has 1 aromatic carbocycles. The van der Waals surface area contributed by atoms with Gasteiger partial charge in [-0.2, -0.15) is 0 Å². The van der Waals surface area contributed by atoms with Crippen LogP contribution in [-0.4, -0.2) is 29.5 Å². The quantitative estimate of drug-likeness (QED) is 0.698. The van der Waals surface area contributed by atoms with Gasteiger partial charge in [-0.05, 0) is 12.1 Å². The molecular weight excluding hydrogens is 244 g/mol. The standard InChI is InChI=1S/C13H16N4O2/c1-19-11-4-2-3-10(12(11)14)13(18)16-6-5-9-7-15-8-17-9/h2-4,7-8H,5-6,14H2,1H3,(H,15,17)(H,16,18). The molecular formula is C13H16N4O2. The Morgan fingerprint density at radius 2 is 2.37 bits per heavy atom. The van der Waals surface area contributed by atoms with Gasteiger partial charge in [0.05, 0.1) is 24.7 Å². The van der Waals surface area contributed by atoms with Crippen LogP contribution in [0.15, 0.2) is 30.7 Å². The summed E-state index contributed by atoms with van der Waals surface area (Å²) in [5, 5.41) is 2.81. The summed E-state index contributed by atoms with van der Waals surface area (Å²) in [7, 11) is 1.52. The van der Waals surface area contributed by atoms with Crippen molar-refractivity contribution in [2.75, 3.05) is 19.4 Å². The van der Waals surface area contributed by atoms with Crippen LogP contribution < -0.4 is 15.8 Å². The second-order valence-corrected chi connectivity index (χ2v) is 4.00. The van der Waals surface area contributed by atoms with Crippen molar-refractivity contribution in [2.24, 2.45) is 0 Å². The second kappa shape index (κ2) is 5.90. The van der Waals surface area contributed by atoms with Crippen molar-refractivity contribution in [1.82, 2.24) is 15.3 Å². The molecule has 0 atom stereocenters. The molecule has 0 saturated heterocycles. The predicted octanol–water partition coefficient (Wildman–Crippen LogP) is 0.973. The lowest BCUT2D eigenvalue weighted by Crippen LogP contribution is -2.26. The average Bonchev–Trinajstić information content (AvgIpc) is 2.92. The van der Waals surface area contributed by atoms with Crippen LogP contribution in [0.4, 0.5) is 5.69 Å². The molecule has 0 saturated carbocycles. The Morgan fingerprint density at radius 3 is 3.05 bits per heavy atom. The van der Waals surface area contributed by atoms with Crippen LogP contribution in [-0.2, 0) is 6.42 Å². The highest BCUT2D eigenvalue weighted by Gasteiger charge is 2.12. The molecule has 1 aromatic heterocycles. The summed E-state index contributed by atoms with van der Waals surface area (Å²) in [4.78, 5) is 18.9. The van der Waals surface area contributed by atoms with E-state index in [1.54, 1.807) is 30.7 Å². The third-order valence-corrected chi connectivity index (χ3v) is 2.77. The summed E-state index contributed by atoms with van der Waals surface area (Å²) in [6.07, 6.45) is 4.03. The summed E-state index contributed by atoms with van der Waals surface area (Å²) in [5.74, 6) is 0.289. The molecule has 0 aliphatic rings. The number of carbonyl (C=O) groups excluding carboxylic acids is 1. The number of nitrogen functional groups attached to an aromatic ring is 1. The molecule has 0 aliphatic heterocycles. The fraction of sp³-hybridized carbons (Fsp3) is 0.231. The number of imidazole rings is 1. The number of hydrogen-bond donors (Lipinski definition) is 3. The Hall–Kier alpha value is -2.50. The Kier molecular flexibility index (Phi) is 4.02. The predicted molar refractivity (Wildman–Crippen MR) is 72.0 cm³/mol. The Bertz CT molecular complexity index is 552. The molecule has 19 heavy (non-hydrogen) atoms. The van der Waals surface area contributed by atoms with Crippen molar-refractivity contribution in [2.45, 2.75) is 6.42 Å². The third-order valence-electron chi connectivity index (χ3n) is 2.77. The first-order valence-electron chi connectivity index (χ1n) is 5.90. The molecule has 0 fully saturated rings. The van der Waals surface area contributed by atoms with Crippen LogP contribution in [0.5, 0.6) is 5.75 Å². The number of nitrogens with zero attached hydrogens (tertiary/aromatic N) is 1. The number of aromatic amines is 1. The van der Waals surface area contributed by atoms with Gasteiger partial charge < -0.3 is 20.8 Å². The van der Waals surface area contributed by atoms with Crippen LogP contribution in [0.25, 0.3) is 0 Å². The molecule has 0 spiro atoms. The number of ether oxygens (including phenoxy) is 1. The molecule has 6 heteroatoms. The topological polar surface area (TPSA) is 93.0 Å². The number of H-pyrrole nitrogens is 1. The van der Waals surface area contributed by atoms with Crippen LogP contribution in [0.3, 0.4) is 0 Å². The molecule has 0 aliphatic carbocycles.